The zero-order valence-electron chi connectivity index (χ0n) is 16.8. The van der Waals surface area contributed by atoms with Crippen LogP contribution in [0.2, 0.25) is 0 Å². The van der Waals surface area contributed by atoms with Crippen LogP contribution in [0.5, 0.6) is 0 Å². The predicted molar refractivity (Wildman–Crippen MR) is 121 cm³/mol. The fraction of sp³-hybridized carbons (Fsp3) is 0.240. The Morgan fingerprint density at radius 1 is 0.897 bits per heavy atom. The number of anilines is 2. The van der Waals surface area contributed by atoms with Gasteiger partial charge >= 0.3 is 0 Å². The molecule has 0 radical (unpaired) electrons. The molecule has 29 heavy (non-hydrogen) atoms. The van der Waals surface area contributed by atoms with Crippen molar-refractivity contribution < 1.29 is 4.74 Å². The van der Waals surface area contributed by atoms with Crippen molar-refractivity contribution in [3.63, 3.8) is 0 Å². The maximum absolute atomic E-state index is 5.39. The van der Waals surface area contributed by atoms with E-state index in [9.17, 15) is 0 Å². The lowest BCUT2D eigenvalue weighted by molar-refractivity contribution is 0.408. The molecule has 4 heteroatoms. The van der Waals surface area contributed by atoms with Crippen LogP contribution in [0.3, 0.4) is 0 Å². The van der Waals surface area contributed by atoms with Crippen molar-refractivity contribution in [1.82, 2.24) is 0 Å². The largest absolute Gasteiger partial charge is 0.371 e. The number of nitrogens with zero attached hydrogens (tertiary/aromatic N) is 3. The third-order valence-corrected chi connectivity index (χ3v) is 5.04. The molecule has 1 unspecified atom stereocenters. The number of para-hydroxylation sites is 1. The Kier molecular flexibility index (Phi) is 6.22. The second-order valence-corrected chi connectivity index (χ2v) is 7.21. The first-order valence-electron chi connectivity index (χ1n) is 10.2. The monoisotopic (exact) mass is 385 g/mol. The van der Waals surface area contributed by atoms with Crippen LogP contribution in [-0.4, -0.2) is 32.0 Å². The third kappa shape index (κ3) is 5.46. The van der Waals surface area contributed by atoms with E-state index in [0.717, 1.165) is 37.5 Å². The Morgan fingerprint density at radius 2 is 1.55 bits per heavy atom. The van der Waals surface area contributed by atoms with Crippen molar-refractivity contribution in [3.05, 3.63) is 96.1 Å². The molecular weight excluding hydrogens is 358 g/mol. The van der Waals surface area contributed by atoms with Gasteiger partial charge < -0.3 is 9.64 Å². The van der Waals surface area contributed by atoms with Crippen LogP contribution in [0.4, 0.5) is 11.4 Å². The van der Waals surface area contributed by atoms with Gasteiger partial charge in [-0.3, -0.25) is 5.01 Å². The second-order valence-electron chi connectivity index (χ2n) is 7.21. The highest BCUT2D eigenvalue weighted by molar-refractivity contribution is 5.81. The summed E-state index contributed by atoms with van der Waals surface area (Å²) in [6.07, 6.45) is 2.21. The van der Waals surface area contributed by atoms with E-state index in [2.05, 4.69) is 78.6 Å². The summed E-state index contributed by atoms with van der Waals surface area (Å²) in [6, 6.07) is 29.4. The van der Waals surface area contributed by atoms with E-state index in [4.69, 9.17) is 9.84 Å². The van der Waals surface area contributed by atoms with E-state index in [1.807, 2.05) is 29.4 Å². The Hall–Kier alpha value is -3.11. The van der Waals surface area contributed by atoms with E-state index < -0.39 is 0 Å². The maximum Gasteiger partial charge on any atom is 0.101 e. The van der Waals surface area contributed by atoms with Crippen LogP contribution in [0.25, 0.3) is 0 Å². The number of hydrogen-bond donors (Lipinski definition) is 0. The van der Waals surface area contributed by atoms with Crippen LogP contribution >= 0.6 is 0 Å². The number of benzene rings is 3. The van der Waals surface area contributed by atoms with Crippen LogP contribution in [-0.2, 0) is 11.3 Å². The van der Waals surface area contributed by atoms with Crippen molar-refractivity contribution in [2.45, 2.75) is 19.6 Å². The molecule has 0 aliphatic carbocycles. The van der Waals surface area contributed by atoms with Crippen LogP contribution in [0.1, 0.15) is 18.1 Å². The van der Waals surface area contributed by atoms with Crippen molar-refractivity contribution >= 4 is 17.6 Å². The molecular formula is C25H27N3O. The highest BCUT2D eigenvalue weighted by atomic mass is 16.6. The predicted octanol–water partition coefficient (Wildman–Crippen LogP) is 4.95. The molecule has 0 spiro atoms. The number of hydrogen-bond acceptors (Lipinski definition) is 4. The fourth-order valence-corrected chi connectivity index (χ4v) is 3.28. The first kappa shape index (κ1) is 19.2. The molecule has 1 saturated heterocycles. The summed E-state index contributed by atoms with van der Waals surface area (Å²) in [5.74, 6) is 0. The lowest BCUT2D eigenvalue weighted by Crippen LogP contribution is -2.22. The minimum Gasteiger partial charge on any atom is -0.371 e. The molecule has 1 aliphatic rings. The summed E-state index contributed by atoms with van der Waals surface area (Å²) < 4.78 is 5.39. The molecule has 148 valence electrons. The Morgan fingerprint density at radius 3 is 2.17 bits per heavy atom. The van der Waals surface area contributed by atoms with Crippen molar-refractivity contribution in [2.75, 3.05) is 29.6 Å². The zero-order valence-corrected chi connectivity index (χ0v) is 16.8. The van der Waals surface area contributed by atoms with Gasteiger partial charge in [0.1, 0.15) is 6.10 Å². The summed E-state index contributed by atoms with van der Waals surface area (Å²) in [7, 11) is 0. The third-order valence-electron chi connectivity index (χ3n) is 5.04. The van der Waals surface area contributed by atoms with Crippen molar-refractivity contribution in [3.8, 4) is 0 Å². The second kappa shape index (κ2) is 9.39. The first-order chi connectivity index (χ1) is 14.3. The SMILES string of the molecule is CCN(Cc1ccccc1)c1ccc(/C=N/N(CC2CO2)c2ccccc2)cc1. The molecule has 3 aromatic rings. The van der Waals surface area contributed by atoms with Gasteiger partial charge in [0.15, 0.2) is 0 Å². The molecule has 0 amide bonds. The summed E-state index contributed by atoms with van der Waals surface area (Å²) in [4.78, 5) is 2.37. The molecule has 0 N–H and O–H groups in total. The van der Waals surface area contributed by atoms with Crippen LogP contribution in [0, 0.1) is 0 Å². The van der Waals surface area contributed by atoms with Gasteiger partial charge in [-0.2, -0.15) is 5.10 Å². The van der Waals surface area contributed by atoms with E-state index in [-0.39, 0.29) is 6.10 Å². The van der Waals surface area contributed by atoms with Gasteiger partial charge in [0, 0.05) is 18.8 Å². The van der Waals surface area contributed by atoms with Gasteiger partial charge in [-0.25, -0.2) is 0 Å². The zero-order chi connectivity index (χ0) is 19.9. The normalized spacial score (nSPS) is 15.4. The van der Waals surface area contributed by atoms with E-state index >= 15 is 0 Å². The summed E-state index contributed by atoms with van der Waals surface area (Å²) in [5, 5.41) is 6.73. The van der Waals surface area contributed by atoms with E-state index in [0.29, 0.717) is 0 Å². The average Bonchev–Trinajstić information content (AvgIpc) is 3.61. The van der Waals surface area contributed by atoms with Crippen LogP contribution < -0.4 is 9.91 Å². The maximum atomic E-state index is 5.39. The quantitative estimate of drug-likeness (QED) is 0.297. The average molecular weight is 386 g/mol. The van der Waals surface area contributed by atoms with Gasteiger partial charge in [0.25, 0.3) is 0 Å². The fourth-order valence-electron chi connectivity index (χ4n) is 3.28. The lowest BCUT2D eigenvalue weighted by atomic mass is 10.1. The lowest BCUT2D eigenvalue weighted by Gasteiger charge is -2.23. The number of rotatable bonds is 9. The molecule has 1 heterocycles. The Labute approximate surface area is 173 Å². The molecule has 0 bridgehead atoms. The standard InChI is InChI=1S/C25H27N3O/c1-2-27(18-22-9-5-3-6-10-22)23-15-13-21(14-16-23)17-26-28(19-25-20-29-25)24-11-7-4-8-12-24/h3-17,25H,2,18-20H2,1H3/b26-17+. The topological polar surface area (TPSA) is 31.4 Å². The molecule has 0 saturated carbocycles. The van der Waals surface area contributed by atoms with Crippen molar-refractivity contribution in [1.29, 1.82) is 0 Å². The smallest absolute Gasteiger partial charge is 0.101 e. The van der Waals surface area contributed by atoms with Gasteiger partial charge in [0.05, 0.1) is 25.1 Å². The summed E-state index contributed by atoms with van der Waals surface area (Å²) in [5.41, 5.74) is 4.71. The molecule has 1 atom stereocenters. The van der Waals surface area contributed by atoms with E-state index in [1.165, 1.54) is 11.3 Å². The first-order valence-corrected chi connectivity index (χ1v) is 10.2. The highest BCUT2D eigenvalue weighted by Crippen LogP contribution is 2.20. The molecule has 4 rings (SSSR count). The van der Waals surface area contributed by atoms with Crippen molar-refractivity contribution in [2.24, 2.45) is 5.10 Å². The van der Waals surface area contributed by atoms with Gasteiger partial charge in [-0.05, 0) is 42.3 Å². The minimum atomic E-state index is 0.283. The molecule has 3 aromatic carbocycles. The number of hydrazone groups is 1. The Balaban J connectivity index is 1.44. The van der Waals surface area contributed by atoms with E-state index in [1.54, 1.807) is 0 Å². The number of ether oxygens (including phenoxy) is 1. The molecule has 4 nitrogen and oxygen atoms in total. The molecule has 0 aromatic heterocycles. The van der Waals surface area contributed by atoms with Gasteiger partial charge in [-0.15, -0.1) is 0 Å². The van der Waals surface area contributed by atoms with Crippen LogP contribution in [0.15, 0.2) is 90.0 Å². The minimum absolute atomic E-state index is 0.283. The highest BCUT2D eigenvalue weighted by Gasteiger charge is 2.25. The molecule has 1 aliphatic heterocycles. The Bertz CT molecular complexity index is 906. The number of epoxide rings is 1. The summed E-state index contributed by atoms with van der Waals surface area (Å²) >= 11 is 0. The molecule has 1 fully saturated rings. The van der Waals surface area contributed by atoms with Gasteiger partial charge in [0.2, 0.25) is 0 Å². The van der Waals surface area contributed by atoms with Gasteiger partial charge in [-0.1, -0.05) is 60.7 Å². The summed E-state index contributed by atoms with van der Waals surface area (Å²) in [6.45, 7) is 5.66.